The number of carbonyl (C=O) groups is 3. The summed E-state index contributed by atoms with van der Waals surface area (Å²) in [5.74, 6) is 0.0994. The van der Waals surface area contributed by atoms with Crippen molar-refractivity contribution in [2.45, 2.75) is 13.0 Å². The Balaban J connectivity index is 1.57. The van der Waals surface area contributed by atoms with Crippen molar-refractivity contribution in [3.05, 3.63) is 74.9 Å². The number of urea groups is 1. The van der Waals surface area contributed by atoms with Gasteiger partial charge in [0.1, 0.15) is 5.75 Å². The number of carbonyl (C=O) groups excluding carboxylic acids is 3. The second-order valence-corrected chi connectivity index (χ2v) is 9.75. The van der Waals surface area contributed by atoms with Gasteiger partial charge >= 0.3 is 12.0 Å². The van der Waals surface area contributed by atoms with Crippen molar-refractivity contribution in [1.82, 2.24) is 20.0 Å². The van der Waals surface area contributed by atoms with Crippen molar-refractivity contribution in [2.75, 3.05) is 53.5 Å². The van der Waals surface area contributed by atoms with E-state index in [9.17, 15) is 14.4 Å². The largest absolute Gasteiger partial charge is 0.497 e. The Labute approximate surface area is 231 Å². The Morgan fingerprint density at radius 2 is 1.74 bits per heavy atom. The highest BCUT2D eigenvalue weighted by molar-refractivity contribution is 6.42. The van der Waals surface area contributed by atoms with E-state index < -0.39 is 12.0 Å². The molecule has 1 saturated heterocycles. The lowest BCUT2D eigenvalue weighted by Crippen LogP contribution is -2.53. The van der Waals surface area contributed by atoms with Crippen LogP contribution < -0.4 is 10.1 Å². The van der Waals surface area contributed by atoms with Gasteiger partial charge in [-0.1, -0.05) is 35.3 Å². The number of hydrogen-bond acceptors (Lipinski definition) is 6. The molecule has 0 spiro atoms. The zero-order valence-electron chi connectivity index (χ0n) is 21.5. The lowest BCUT2D eigenvalue weighted by atomic mass is 9.94. The predicted molar refractivity (Wildman–Crippen MR) is 144 cm³/mol. The number of halogens is 2. The summed E-state index contributed by atoms with van der Waals surface area (Å²) in [6, 6.07) is 10.9. The van der Waals surface area contributed by atoms with Crippen LogP contribution in [0.4, 0.5) is 4.79 Å². The Hall–Kier alpha value is -3.27. The molecule has 0 saturated carbocycles. The van der Waals surface area contributed by atoms with Crippen LogP contribution in [0, 0.1) is 0 Å². The topological polar surface area (TPSA) is 91.4 Å². The number of piperazine rings is 1. The number of esters is 1. The van der Waals surface area contributed by atoms with Gasteiger partial charge in [-0.05, 0) is 42.8 Å². The van der Waals surface area contributed by atoms with E-state index in [1.807, 2.05) is 0 Å². The standard InChI is InChI=1S/C27H30Cl2N4O5/c1-4-38-26(35)22-21(31(2)27(36)30-24(22)19-6-5-7-20(28)23(19)29)16-32-12-14-33(15-13-32)25(34)17-8-10-18(37-3)11-9-17/h5-11,24H,4,12-16H2,1-3H3,(H,30,36). The number of methoxy groups -OCH3 is 1. The minimum atomic E-state index is -0.822. The molecule has 2 aliphatic heterocycles. The maximum absolute atomic E-state index is 13.2. The van der Waals surface area contributed by atoms with Gasteiger partial charge in [-0.25, -0.2) is 9.59 Å². The van der Waals surface area contributed by atoms with Crippen molar-refractivity contribution in [1.29, 1.82) is 0 Å². The summed E-state index contributed by atoms with van der Waals surface area (Å²) in [7, 11) is 3.20. The molecule has 1 fully saturated rings. The lowest BCUT2D eigenvalue weighted by molar-refractivity contribution is -0.139. The predicted octanol–water partition coefficient (Wildman–Crippen LogP) is 3.97. The number of likely N-dealkylation sites (N-methyl/N-ethyl adjacent to an activating group) is 1. The van der Waals surface area contributed by atoms with E-state index in [-0.39, 0.29) is 23.6 Å². The van der Waals surface area contributed by atoms with Gasteiger partial charge < -0.3 is 19.7 Å². The molecule has 1 N–H and O–H groups in total. The SMILES string of the molecule is CCOC(=O)C1=C(CN2CCN(C(=O)c3ccc(OC)cc3)CC2)N(C)C(=O)NC1c1cccc(Cl)c1Cl. The molecule has 0 aromatic heterocycles. The molecule has 0 radical (unpaired) electrons. The van der Waals surface area contributed by atoms with E-state index in [1.165, 1.54) is 4.90 Å². The molecule has 1 atom stereocenters. The van der Waals surface area contributed by atoms with Crippen molar-refractivity contribution in [3.63, 3.8) is 0 Å². The van der Waals surface area contributed by atoms with Crippen molar-refractivity contribution < 1.29 is 23.9 Å². The summed E-state index contributed by atoms with van der Waals surface area (Å²) in [4.78, 5) is 44.5. The summed E-state index contributed by atoms with van der Waals surface area (Å²) in [6.45, 7) is 4.37. The third kappa shape index (κ3) is 5.75. The van der Waals surface area contributed by atoms with Gasteiger partial charge in [0.15, 0.2) is 0 Å². The Kier molecular flexibility index (Phi) is 8.81. The van der Waals surface area contributed by atoms with Crippen LogP contribution in [0.5, 0.6) is 5.75 Å². The number of nitrogens with zero attached hydrogens (tertiary/aromatic N) is 3. The quantitative estimate of drug-likeness (QED) is 0.515. The highest BCUT2D eigenvalue weighted by Gasteiger charge is 2.38. The molecule has 9 nitrogen and oxygen atoms in total. The monoisotopic (exact) mass is 560 g/mol. The Morgan fingerprint density at radius 3 is 2.37 bits per heavy atom. The number of rotatable bonds is 7. The summed E-state index contributed by atoms with van der Waals surface area (Å²) >= 11 is 12.7. The molecule has 2 aliphatic rings. The van der Waals surface area contributed by atoms with Crippen molar-refractivity contribution in [3.8, 4) is 5.75 Å². The first-order valence-corrected chi connectivity index (χ1v) is 13.0. The molecule has 38 heavy (non-hydrogen) atoms. The minimum absolute atomic E-state index is 0.0523. The van der Waals surface area contributed by atoms with Gasteiger partial charge in [0.25, 0.3) is 5.91 Å². The molecular formula is C27H30Cl2N4O5. The Morgan fingerprint density at radius 1 is 1.05 bits per heavy atom. The van der Waals surface area contributed by atoms with Crippen molar-refractivity contribution in [2.24, 2.45) is 0 Å². The van der Waals surface area contributed by atoms with Crippen LogP contribution in [-0.2, 0) is 9.53 Å². The maximum Gasteiger partial charge on any atom is 0.338 e. The van der Waals surface area contributed by atoms with E-state index in [0.29, 0.717) is 65.9 Å². The van der Waals surface area contributed by atoms with Crippen LogP contribution in [0.3, 0.4) is 0 Å². The molecule has 11 heteroatoms. The fraction of sp³-hybridized carbons (Fsp3) is 0.370. The van der Waals surface area contributed by atoms with E-state index >= 15 is 0 Å². The van der Waals surface area contributed by atoms with Gasteiger partial charge in [0.05, 0.1) is 35.4 Å². The average Bonchev–Trinajstić information content (AvgIpc) is 2.93. The first-order valence-electron chi connectivity index (χ1n) is 12.3. The zero-order chi connectivity index (χ0) is 27.4. The van der Waals surface area contributed by atoms with Gasteiger partial charge in [0, 0.05) is 51.0 Å². The number of nitrogens with one attached hydrogen (secondary N) is 1. The van der Waals surface area contributed by atoms with Crippen LogP contribution >= 0.6 is 23.2 Å². The maximum atomic E-state index is 13.2. The van der Waals surface area contributed by atoms with E-state index in [2.05, 4.69) is 10.2 Å². The summed E-state index contributed by atoms with van der Waals surface area (Å²) in [5.41, 5.74) is 1.92. The molecular weight excluding hydrogens is 531 g/mol. The average molecular weight is 561 g/mol. The third-order valence-corrected chi connectivity index (χ3v) is 7.57. The fourth-order valence-electron chi connectivity index (χ4n) is 4.61. The summed E-state index contributed by atoms with van der Waals surface area (Å²) < 4.78 is 10.6. The number of ether oxygens (including phenoxy) is 2. The van der Waals surface area contributed by atoms with Crippen LogP contribution in [0.1, 0.15) is 28.9 Å². The molecule has 2 aromatic rings. The molecule has 2 aromatic carbocycles. The number of benzene rings is 2. The smallest absolute Gasteiger partial charge is 0.338 e. The molecule has 1 unspecified atom stereocenters. The van der Waals surface area contributed by atoms with E-state index in [0.717, 1.165) is 0 Å². The highest BCUT2D eigenvalue weighted by atomic mass is 35.5. The fourth-order valence-corrected chi connectivity index (χ4v) is 5.03. The molecule has 0 bridgehead atoms. The van der Waals surface area contributed by atoms with Gasteiger partial charge in [-0.3, -0.25) is 14.6 Å². The highest BCUT2D eigenvalue weighted by Crippen LogP contribution is 2.37. The second kappa shape index (κ2) is 12.1. The van der Waals surface area contributed by atoms with Crippen LogP contribution in [-0.4, -0.2) is 86.1 Å². The van der Waals surface area contributed by atoms with Crippen molar-refractivity contribution >= 4 is 41.1 Å². The zero-order valence-corrected chi connectivity index (χ0v) is 23.0. The van der Waals surface area contributed by atoms with Crippen LogP contribution in [0.2, 0.25) is 10.0 Å². The second-order valence-electron chi connectivity index (χ2n) is 8.96. The Bertz CT molecular complexity index is 1240. The minimum Gasteiger partial charge on any atom is -0.497 e. The first-order chi connectivity index (χ1) is 18.2. The van der Waals surface area contributed by atoms with E-state index in [4.69, 9.17) is 32.7 Å². The third-order valence-electron chi connectivity index (χ3n) is 6.73. The van der Waals surface area contributed by atoms with Gasteiger partial charge in [0.2, 0.25) is 0 Å². The molecule has 4 rings (SSSR count). The molecule has 3 amide bonds. The summed E-state index contributed by atoms with van der Waals surface area (Å²) in [5, 5.41) is 3.44. The molecule has 0 aliphatic carbocycles. The lowest BCUT2D eigenvalue weighted by Gasteiger charge is -2.39. The van der Waals surface area contributed by atoms with Crippen LogP contribution in [0.25, 0.3) is 0 Å². The molecule has 202 valence electrons. The normalized spacial score (nSPS) is 18.3. The van der Waals surface area contributed by atoms with Gasteiger partial charge in [-0.15, -0.1) is 0 Å². The van der Waals surface area contributed by atoms with Gasteiger partial charge in [-0.2, -0.15) is 0 Å². The number of hydrogen-bond donors (Lipinski definition) is 1. The van der Waals surface area contributed by atoms with E-state index in [1.54, 1.807) is 68.4 Å². The first kappa shape index (κ1) is 27.8. The summed E-state index contributed by atoms with van der Waals surface area (Å²) in [6.07, 6.45) is 0. The molecule has 2 heterocycles. The van der Waals surface area contributed by atoms with Crippen LogP contribution in [0.15, 0.2) is 53.7 Å². The number of amides is 3.